The molecule has 0 aliphatic carbocycles. The van der Waals surface area contributed by atoms with Gasteiger partial charge in [-0.05, 0) is 29.8 Å². The molecule has 0 spiro atoms. The fourth-order valence-electron chi connectivity index (χ4n) is 2.52. The summed E-state index contributed by atoms with van der Waals surface area (Å²) in [6.07, 6.45) is 3.02. The number of thiazole rings is 1. The van der Waals surface area contributed by atoms with E-state index in [9.17, 15) is 13.2 Å². The van der Waals surface area contributed by atoms with Crippen molar-refractivity contribution in [3.05, 3.63) is 68.5 Å². The molecule has 3 aromatic rings. The third-order valence-corrected chi connectivity index (χ3v) is 6.97. The largest absolute Gasteiger partial charge is 0.326 e. The number of carbonyl (C=O) groups excluding carboxylic acids is 1. The molecule has 31 heavy (non-hydrogen) atoms. The van der Waals surface area contributed by atoms with Gasteiger partial charge in [-0.2, -0.15) is 0 Å². The van der Waals surface area contributed by atoms with Crippen LogP contribution in [0.2, 0.25) is 15.1 Å². The van der Waals surface area contributed by atoms with Crippen LogP contribution in [-0.4, -0.2) is 25.1 Å². The van der Waals surface area contributed by atoms with Crippen LogP contribution in [0.15, 0.2) is 47.9 Å². The summed E-state index contributed by atoms with van der Waals surface area (Å²) < 4.78 is 27.2. The van der Waals surface area contributed by atoms with Crippen LogP contribution in [0.1, 0.15) is 12.5 Å². The van der Waals surface area contributed by atoms with Crippen LogP contribution in [0.25, 0.3) is 17.3 Å². The number of sulfonamides is 1. The van der Waals surface area contributed by atoms with Crippen molar-refractivity contribution in [3.63, 3.8) is 0 Å². The summed E-state index contributed by atoms with van der Waals surface area (Å²) >= 11 is 19.1. The van der Waals surface area contributed by atoms with Crippen LogP contribution in [0.3, 0.4) is 0 Å². The lowest BCUT2D eigenvalue weighted by molar-refractivity contribution is -0.114. The third-order valence-electron chi connectivity index (χ3n) is 3.90. The van der Waals surface area contributed by atoms with Gasteiger partial charge >= 0.3 is 0 Å². The Labute approximate surface area is 198 Å². The molecule has 1 heterocycles. The highest BCUT2D eigenvalue weighted by Crippen LogP contribution is 2.30. The van der Waals surface area contributed by atoms with Crippen molar-refractivity contribution < 1.29 is 13.2 Å². The summed E-state index contributed by atoms with van der Waals surface area (Å²) in [5, 5.41) is 5.70. The Hall–Kier alpha value is -2.10. The molecule has 1 aromatic heterocycles. The van der Waals surface area contributed by atoms with E-state index in [0.29, 0.717) is 32.0 Å². The second kappa shape index (κ2) is 10.0. The van der Waals surface area contributed by atoms with E-state index >= 15 is 0 Å². The van der Waals surface area contributed by atoms with Gasteiger partial charge in [-0.25, -0.2) is 13.4 Å². The molecule has 0 atom stereocenters. The number of nitrogens with zero attached hydrogens (tertiary/aromatic N) is 1. The average molecular weight is 517 g/mol. The first-order chi connectivity index (χ1) is 14.6. The number of benzene rings is 2. The predicted molar refractivity (Wildman–Crippen MR) is 130 cm³/mol. The number of rotatable bonds is 7. The predicted octanol–water partition coefficient (Wildman–Crippen LogP) is 6.18. The number of nitrogens with one attached hydrogen (secondary N) is 2. The van der Waals surface area contributed by atoms with Crippen molar-refractivity contribution in [2.24, 2.45) is 0 Å². The van der Waals surface area contributed by atoms with E-state index in [1.54, 1.807) is 41.8 Å². The molecular formula is C20H16Cl3N3O3S2. The Morgan fingerprint density at radius 3 is 2.45 bits per heavy atom. The quantitative estimate of drug-likeness (QED) is 0.367. The van der Waals surface area contributed by atoms with Crippen molar-refractivity contribution in [3.8, 4) is 11.3 Å². The lowest BCUT2D eigenvalue weighted by Gasteiger charge is -2.04. The van der Waals surface area contributed by atoms with E-state index < -0.39 is 10.0 Å². The molecule has 0 radical (unpaired) electrons. The van der Waals surface area contributed by atoms with Gasteiger partial charge in [0.1, 0.15) is 0 Å². The van der Waals surface area contributed by atoms with E-state index in [-0.39, 0.29) is 16.8 Å². The minimum absolute atomic E-state index is 0.159. The molecule has 162 valence electrons. The van der Waals surface area contributed by atoms with Crippen molar-refractivity contribution >= 4 is 79.0 Å². The SMILES string of the molecule is CC(=O)Nc1ccc(-c2csc(NS(=O)(=O)CC=Cc3cc(Cl)c(Cl)cc3Cl)n2)cc1. The van der Waals surface area contributed by atoms with Crippen LogP contribution in [-0.2, 0) is 14.8 Å². The maximum Gasteiger partial charge on any atom is 0.238 e. The van der Waals surface area contributed by atoms with Gasteiger partial charge in [-0.15, -0.1) is 11.3 Å². The number of anilines is 2. The molecule has 0 unspecified atom stereocenters. The van der Waals surface area contributed by atoms with E-state index in [4.69, 9.17) is 34.8 Å². The first-order valence-electron chi connectivity index (χ1n) is 8.78. The number of carbonyl (C=O) groups is 1. The summed E-state index contributed by atoms with van der Waals surface area (Å²) in [5.41, 5.74) is 2.65. The molecule has 11 heteroatoms. The zero-order chi connectivity index (χ0) is 22.6. The first kappa shape index (κ1) is 23.6. The van der Waals surface area contributed by atoms with Crippen molar-refractivity contribution in [1.29, 1.82) is 0 Å². The molecule has 0 aliphatic heterocycles. The molecule has 0 saturated carbocycles. The number of hydrogen-bond acceptors (Lipinski definition) is 5. The standard InChI is InChI=1S/C20H16Cl3N3O3S2/c1-12(27)24-15-6-4-13(5-7-15)19-11-30-20(25-19)26-31(28,29)8-2-3-14-9-17(22)18(23)10-16(14)21/h2-7,9-11H,8H2,1H3,(H,24,27)(H,25,26). The molecule has 6 nitrogen and oxygen atoms in total. The monoisotopic (exact) mass is 515 g/mol. The Balaban J connectivity index is 1.65. The number of aromatic nitrogens is 1. The van der Waals surface area contributed by atoms with Gasteiger partial charge in [-0.3, -0.25) is 9.52 Å². The molecule has 1 amide bonds. The minimum Gasteiger partial charge on any atom is -0.326 e. The average Bonchev–Trinajstić information content (AvgIpc) is 3.13. The summed E-state index contributed by atoms with van der Waals surface area (Å²) in [4.78, 5) is 15.4. The molecule has 0 aliphatic rings. The summed E-state index contributed by atoms with van der Waals surface area (Å²) in [5.74, 6) is -0.433. The zero-order valence-corrected chi connectivity index (χ0v) is 19.9. The van der Waals surface area contributed by atoms with E-state index in [2.05, 4.69) is 15.0 Å². The molecule has 0 saturated heterocycles. The van der Waals surface area contributed by atoms with Crippen LogP contribution in [0.4, 0.5) is 10.8 Å². The molecule has 0 bridgehead atoms. The smallest absolute Gasteiger partial charge is 0.238 e. The van der Waals surface area contributed by atoms with Crippen LogP contribution >= 0.6 is 46.1 Å². The molecular weight excluding hydrogens is 501 g/mol. The number of amides is 1. The highest BCUT2D eigenvalue weighted by molar-refractivity contribution is 7.93. The maximum absolute atomic E-state index is 12.4. The number of halogens is 3. The second-order valence-electron chi connectivity index (χ2n) is 6.37. The van der Waals surface area contributed by atoms with Gasteiger partial charge in [0.05, 0.1) is 21.5 Å². The fourth-order valence-corrected chi connectivity index (χ4v) is 5.02. The second-order valence-corrected chi connectivity index (χ2v) is 10.2. The molecule has 0 fully saturated rings. The summed E-state index contributed by atoms with van der Waals surface area (Å²) in [6.45, 7) is 1.43. The Bertz CT molecular complexity index is 1240. The van der Waals surface area contributed by atoms with Crippen LogP contribution < -0.4 is 10.0 Å². The van der Waals surface area contributed by atoms with Gasteiger partial charge < -0.3 is 5.32 Å². The van der Waals surface area contributed by atoms with Crippen molar-refractivity contribution in [1.82, 2.24) is 4.98 Å². The Morgan fingerprint density at radius 1 is 1.10 bits per heavy atom. The summed E-state index contributed by atoms with van der Waals surface area (Å²) in [6, 6.07) is 10.1. The Kier molecular flexibility index (Phi) is 7.61. The highest BCUT2D eigenvalue weighted by atomic mass is 35.5. The number of hydrogen-bond donors (Lipinski definition) is 2. The lowest BCUT2D eigenvalue weighted by atomic mass is 10.1. The van der Waals surface area contributed by atoms with Gasteiger partial charge in [-0.1, -0.05) is 59.1 Å². The Morgan fingerprint density at radius 2 is 1.77 bits per heavy atom. The van der Waals surface area contributed by atoms with Crippen molar-refractivity contribution in [2.75, 3.05) is 15.8 Å². The van der Waals surface area contributed by atoms with Gasteiger partial charge in [0.25, 0.3) is 0 Å². The van der Waals surface area contributed by atoms with E-state index in [1.165, 1.54) is 30.4 Å². The minimum atomic E-state index is -3.66. The maximum atomic E-state index is 12.4. The highest BCUT2D eigenvalue weighted by Gasteiger charge is 2.13. The molecule has 2 N–H and O–H groups in total. The zero-order valence-electron chi connectivity index (χ0n) is 16.0. The van der Waals surface area contributed by atoms with E-state index in [0.717, 1.165) is 5.56 Å². The van der Waals surface area contributed by atoms with Gasteiger partial charge in [0.2, 0.25) is 15.9 Å². The molecule has 2 aromatic carbocycles. The topological polar surface area (TPSA) is 88.2 Å². The third kappa shape index (κ3) is 6.69. The van der Waals surface area contributed by atoms with Crippen LogP contribution in [0, 0.1) is 0 Å². The first-order valence-corrected chi connectivity index (χ1v) is 12.4. The van der Waals surface area contributed by atoms with Gasteiger partial charge in [0, 0.05) is 28.6 Å². The fraction of sp³-hybridized carbons (Fsp3) is 0.100. The van der Waals surface area contributed by atoms with Gasteiger partial charge in [0.15, 0.2) is 5.13 Å². The van der Waals surface area contributed by atoms with E-state index in [1.807, 2.05) is 0 Å². The van der Waals surface area contributed by atoms with Crippen LogP contribution in [0.5, 0.6) is 0 Å². The molecule has 3 rings (SSSR count). The summed E-state index contributed by atoms with van der Waals surface area (Å²) in [7, 11) is -3.66. The lowest BCUT2D eigenvalue weighted by Crippen LogP contribution is -2.15. The normalized spacial score (nSPS) is 11.6. The van der Waals surface area contributed by atoms with Crippen molar-refractivity contribution in [2.45, 2.75) is 6.92 Å².